The van der Waals surface area contributed by atoms with Crippen molar-refractivity contribution >= 4 is 23.4 Å². The van der Waals surface area contributed by atoms with Gasteiger partial charge in [-0.05, 0) is 73.7 Å². The van der Waals surface area contributed by atoms with Crippen molar-refractivity contribution in [2.24, 2.45) is 0 Å². The fourth-order valence-electron chi connectivity index (χ4n) is 3.26. The summed E-state index contributed by atoms with van der Waals surface area (Å²) in [6.07, 6.45) is 3.58. The van der Waals surface area contributed by atoms with Gasteiger partial charge in [0, 0.05) is 18.8 Å². The van der Waals surface area contributed by atoms with Gasteiger partial charge >= 0.3 is 0 Å². The van der Waals surface area contributed by atoms with Crippen LogP contribution in [0.4, 0.5) is 15.8 Å². The molecule has 1 heterocycles. The first-order chi connectivity index (χ1) is 13.0. The molecule has 1 saturated heterocycles. The number of carbonyl (C=O) groups is 1. The molecule has 0 aliphatic carbocycles. The van der Waals surface area contributed by atoms with Crippen LogP contribution in [0.3, 0.4) is 0 Å². The highest BCUT2D eigenvalue weighted by molar-refractivity contribution is 6.09. The summed E-state index contributed by atoms with van der Waals surface area (Å²) < 4.78 is 14.6. The molecule has 138 valence electrons. The predicted octanol–water partition coefficient (Wildman–Crippen LogP) is 4.59. The largest absolute Gasteiger partial charge is 0.369 e. The van der Waals surface area contributed by atoms with E-state index in [1.54, 1.807) is 12.1 Å². The Balaban J connectivity index is 1.85. The molecule has 0 atom stereocenters. The molecular weight excluding hydrogens is 341 g/mol. The van der Waals surface area contributed by atoms with Gasteiger partial charge in [-0.25, -0.2) is 4.39 Å². The maximum absolute atomic E-state index is 14.6. The summed E-state index contributed by atoms with van der Waals surface area (Å²) >= 11 is 0. The van der Waals surface area contributed by atoms with Gasteiger partial charge in [0.25, 0.3) is 5.91 Å². The summed E-state index contributed by atoms with van der Waals surface area (Å²) in [5, 5.41) is 12.1. The van der Waals surface area contributed by atoms with Crippen LogP contribution in [0, 0.1) is 31.0 Å². The van der Waals surface area contributed by atoms with E-state index >= 15 is 0 Å². The minimum Gasteiger partial charge on any atom is -0.369 e. The molecule has 27 heavy (non-hydrogen) atoms. The summed E-state index contributed by atoms with van der Waals surface area (Å²) in [6, 6.07) is 12.4. The highest BCUT2D eigenvalue weighted by Crippen LogP contribution is 2.28. The minimum absolute atomic E-state index is 0.0621. The van der Waals surface area contributed by atoms with Crippen molar-refractivity contribution < 1.29 is 9.18 Å². The Morgan fingerprint density at radius 1 is 1.22 bits per heavy atom. The Morgan fingerprint density at radius 2 is 1.96 bits per heavy atom. The van der Waals surface area contributed by atoms with Crippen LogP contribution < -0.4 is 10.2 Å². The highest BCUT2D eigenvalue weighted by Gasteiger charge is 2.18. The van der Waals surface area contributed by atoms with Gasteiger partial charge in [0.15, 0.2) is 0 Å². The van der Waals surface area contributed by atoms with Crippen molar-refractivity contribution in [3.63, 3.8) is 0 Å². The molecule has 1 N–H and O–H groups in total. The molecule has 0 aromatic heterocycles. The quantitative estimate of drug-likeness (QED) is 0.638. The zero-order chi connectivity index (χ0) is 19.4. The maximum atomic E-state index is 14.6. The lowest BCUT2D eigenvalue weighted by Gasteiger charge is -2.19. The van der Waals surface area contributed by atoms with Crippen LogP contribution in [0.2, 0.25) is 0 Å². The lowest BCUT2D eigenvalue weighted by Crippen LogP contribution is -2.19. The zero-order valence-electron chi connectivity index (χ0n) is 15.6. The normalized spacial score (nSPS) is 14.1. The maximum Gasteiger partial charge on any atom is 0.266 e. The summed E-state index contributed by atoms with van der Waals surface area (Å²) in [6.45, 7) is 5.49. The van der Waals surface area contributed by atoms with E-state index in [2.05, 4.69) is 5.32 Å². The van der Waals surface area contributed by atoms with Crippen LogP contribution >= 0.6 is 0 Å². The topological polar surface area (TPSA) is 56.1 Å². The number of carbonyl (C=O) groups excluding carboxylic acids is 1. The number of nitriles is 1. The molecule has 2 aromatic carbocycles. The van der Waals surface area contributed by atoms with E-state index in [1.165, 1.54) is 12.1 Å². The van der Waals surface area contributed by atoms with Gasteiger partial charge in [0.2, 0.25) is 0 Å². The zero-order valence-corrected chi connectivity index (χ0v) is 15.6. The molecule has 1 amide bonds. The predicted molar refractivity (Wildman–Crippen MR) is 106 cm³/mol. The third-order valence-electron chi connectivity index (χ3n) is 4.72. The molecule has 2 aromatic rings. The van der Waals surface area contributed by atoms with Crippen LogP contribution in [0.15, 0.2) is 42.0 Å². The van der Waals surface area contributed by atoms with Gasteiger partial charge in [-0.15, -0.1) is 0 Å². The lowest BCUT2D eigenvalue weighted by molar-refractivity contribution is -0.112. The molecule has 3 rings (SSSR count). The summed E-state index contributed by atoms with van der Waals surface area (Å²) in [5.74, 6) is -0.836. The van der Waals surface area contributed by atoms with E-state index in [0.717, 1.165) is 37.1 Å². The summed E-state index contributed by atoms with van der Waals surface area (Å²) in [5.41, 5.74) is 3.51. The average molecular weight is 363 g/mol. The standard InChI is InChI=1S/C22H22FN3O/c1-15-6-5-7-19(10-15)25-22(27)18(14-24)12-17-13-20(23)21(11-16(17)2)26-8-3-4-9-26/h5-7,10-13H,3-4,8-9H2,1-2H3,(H,25,27). The number of halogens is 1. The van der Waals surface area contributed by atoms with Crippen molar-refractivity contribution in [1.82, 2.24) is 0 Å². The van der Waals surface area contributed by atoms with Crippen LogP contribution in [-0.4, -0.2) is 19.0 Å². The summed E-state index contributed by atoms with van der Waals surface area (Å²) in [7, 11) is 0. The molecule has 1 aliphatic rings. The van der Waals surface area contributed by atoms with E-state index in [9.17, 15) is 14.4 Å². The average Bonchev–Trinajstić information content (AvgIpc) is 3.16. The molecule has 0 spiro atoms. The van der Waals surface area contributed by atoms with Crippen molar-refractivity contribution in [3.8, 4) is 6.07 Å². The number of anilines is 2. The number of hydrogen-bond acceptors (Lipinski definition) is 3. The van der Waals surface area contributed by atoms with Gasteiger partial charge in [0.1, 0.15) is 17.5 Å². The van der Waals surface area contributed by atoms with Crippen molar-refractivity contribution in [1.29, 1.82) is 5.26 Å². The van der Waals surface area contributed by atoms with Gasteiger partial charge < -0.3 is 10.2 Å². The molecule has 5 heteroatoms. The molecule has 1 fully saturated rings. The summed E-state index contributed by atoms with van der Waals surface area (Å²) in [4.78, 5) is 14.5. The smallest absolute Gasteiger partial charge is 0.266 e. The first-order valence-electron chi connectivity index (χ1n) is 9.03. The van der Waals surface area contributed by atoms with E-state index in [-0.39, 0.29) is 11.4 Å². The second kappa shape index (κ2) is 8.05. The van der Waals surface area contributed by atoms with Crippen LogP contribution in [0.25, 0.3) is 6.08 Å². The SMILES string of the molecule is Cc1cccc(NC(=O)C(C#N)=Cc2cc(F)c(N3CCCC3)cc2C)c1. The third kappa shape index (κ3) is 4.35. The number of amides is 1. The first kappa shape index (κ1) is 18.7. The highest BCUT2D eigenvalue weighted by atomic mass is 19.1. The van der Waals surface area contributed by atoms with Gasteiger partial charge in [0.05, 0.1) is 5.69 Å². The molecule has 1 aliphatic heterocycles. The van der Waals surface area contributed by atoms with E-state index in [4.69, 9.17) is 0 Å². The van der Waals surface area contributed by atoms with Crippen LogP contribution in [0.1, 0.15) is 29.5 Å². The van der Waals surface area contributed by atoms with Crippen LogP contribution in [0.5, 0.6) is 0 Å². The number of benzene rings is 2. The number of aryl methyl sites for hydroxylation is 2. The fourth-order valence-corrected chi connectivity index (χ4v) is 3.26. The fraction of sp³-hybridized carbons (Fsp3) is 0.273. The second-order valence-electron chi connectivity index (χ2n) is 6.85. The molecule has 4 nitrogen and oxygen atoms in total. The Kier molecular flexibility index (Phi) is 5.56. The van der Waals surface area contributed by atoms with Crippen LogP contribution in [-0.2, 0) is 4.79 Å². The van der Waals surface area contributed by atoms with Crippen molar-refractivity contribution in [2.45, 2.75) is 26.7 Å². The molecule has 0 saturated carbocycles. The molecule has 0 unspecified atom stereocenters. The molecular formula is C22H22FN3O. The van der Waals surface area contributed by atoms with Crippen molar-refractivity contribution in [2.75, 3.05) is 23.3 Å². The molecule has 0 bridgehead atoms. The van der Waals surface area contributed by atoms with Gasteiger partial charge in [-0.3, -0.25) is 4.79 Å². The van der Waals surface area contributed by atoms with Gasteiger partial charge in [-0.2, -0.15) is 5.26 Å². The Labute approximate surface area is 158 Å². The van der Waals surface area contributed by atoms with Gasteiger partial charge in [-0.1, -0.05) is 12.1 Å². The number of rotatable bonds is 4. The minimum atomic E-state index is -0.508. The molecule has 0 radical (unpaired) electrons. The van der Waals surface area contributed by atoms with E-state index in [0.29, 0.717) is 16.9 Å². The van der Waals surface area contributed by atoms with E-state index < -0.39 is 5.91 Å². The Hall–Kier alpha value is -3.13. The number of nitrogens with zero attached hydrogens (tertiary/aromatic N) is 2. The lowest BCUT2D eigenvalue weighted by atomic mass is 10.0. The van der Waals surface area contributed by atoms with Crippen molar-refractivity contribution in [3.05, 3.63) is 64.5 Å². The number of hydrogen-bond donors (Lipinski definition) is 1. The first-order valence-corrected chi connectivity index (χ1v) is 9.03. The second-order valence-corrected chi connectivity index (χ2v) is 6.85. The Morgan fingerprint density at radius 3 is 2.63 bits per heavy atom. The monoisotopic (exact) mass is 363 g/mol. The number of nitrogens with one attached hydrogen (secondary N) is 1. The Bertz CT molecular complexity index is 937. The van der Waals surface area contributed by atoms with E-state index in [1.807, 2.05) is 43.0 Å². The third-order valence-corrected chi connectivity index (χ3v) is 4.72.